The number of hydrogen-bond acceptors (Lipinski definition) is 3. The zero-order valence-electron chi connectivity index (χ0n) is 12.4. The van der Waals surface area contributed by atoms with E-state index in [1.54, 1.807) is 0 Å². The van der Waals surface area contributed by atoms with Gasteiger partial charge in [0.25, 0.3) is 0 Å². The molecule has 2 nitrogen and oxygen atoms in total. The van der Waals surface area contributed by atoms with Gasteiger partial charge in [0.15, 0.2) is 5.78 Å². The zero-order valence-corrected chi connectivity index (χ0v) is 14.8. The van der Waals surface area contributed by atoms with Gasteiger partial charge in [-0.3, -0.25) is 4.79 Å². The number of thiophene rings is 1. The predicted molar refractivity (Wildman–Crippen MR) is 87.4 cm³/mol. The Hall–Kier alpha value is -0.190. The summed E-state index contributed by atoms with van der Waals surface area (Å²) in [4.78, 5) is 12.9. The number of Topliss-reactive ketones (excluding diaryl/α,β-unsaturated/α-hetero) is 1. The van der Waals surface area contributed by atoms with Crippen molar-refractivity contribution in [3.05, 3.63) is 20.8 Å². The number of carbonyl (C=O) groups is 1. The van der Waals surface area contributed by atoms with E-state index in [0.717, 1.165) is 15.1 Å². The smallest absolute Gasteiger partial charge is 0.198 e. The van der Waals surface area contributed by atoms with Crippen LogP contribution in [0.2, 0.25) is 0 Å². The minimum atomic E-state index is 0.0985. The van der Waals surface area contributed by atoms with Crippen molar-refractivity contribution < 1.29 is 9.53 Å². The number of ketones is 1. The summed E-state index contributed by atoms with van der Waals surface area (Å²) in [5.41, 5.74) is 0. The SMILES string of the molecule is CC1CCC(C(C)C)C(OCC(=O)c2ccc(Br)s2)C1. The van der Waals surface area contributed by atoms with E-state index in [2.05, 4.69) is 36.7 Å². The quantitative estimate of drug-likeness (QED) is 0.678. The molecule has 1 aromatic rings. The summed E-state index contributed by atoms with van der Waals surface area (Å²) >= 11 is 4.87. The van der Waals surface area contributed by atoms with Crippen LogP contribution < -0.4 is 0 Å². The Labute approximate surface area is 134 Å². The molecule has 1 fully saturated rings. The molecular formula is C16H23BrO2S. The van der Waals surface area contributed by atoms with E-state index >= 15 is 0 Å². The van der Waals surface area contributed by atoms with E-state index in [-0.39, 0.29) is 18.5 Å². The lowest BCUT2D eigenvalue weighted by Gasteiger charge is -2.37. The van der Waals surface area contributed by atoms with Crippen molar-refractivity contribution in [3.8, 4) is 0 Å². The molecule has 2 rings (SSSR count). The van der Waals surface area contributed by atoms with Crippen LogP contribution in [0.25, 0.3) is 0 Å². The summed E-state index contributed by atoms with van der Waals surface area (Å²) in [6.07, 6.45) is 3.84. The molecule has 1 aliphatic rings. The van der Waals surface area contributed by atoms with Gasteiger partial charge < -0.3 is 4.74 Å². The summed E-state index contributed by atoms with van der Waals surface area (Å²) in [5, 5.41) is 0. The van der Waals surface area contributed by atoms with Gasteiger partial charge in [-0.25, -0.2) is 0 Å². The van der Waals surface area contributed by atoms with Gasteiger partial charge in [-0.2, -0.15) is 0 Å². The lowest BCUT2D eigenvalue weighted by molar-refractivity contribution is -0.0308. The van der Waals surface area contributed by atoms with E-state index in [0.29, 0.717) is 17.8 Å². The van der Waals surface area contributed by atoms with E-state index in [1.165, 1.54) is 24.2 Å². The second kappa shape index (κ2) is 7.19. The molecule has 1 aromatic heterocycles. The maximum atomic E-state index is 12.1. The van der Waals surface area contributed by atoms with Gasteiger partial charge in [-0.1, -0.05) is 27.2 Å². The fraction of sp³-hybridized carbons (Fsp3) is 0.688. The summed E-state index contributed by atoms with van der Waals surface area (Å²) in [6.45, 7) is 7.02. The third-order valence-electron chi connectivity index (χ3n) is 4.24. The maximum absolute atomic E-state index is 12.1. The molecule has 0 spiro atoms. The van der Waals surface area contributed by atoms with Gasteiger partial charge in [0.05, 0.1) is 14.8 Å². The molecule has 20 heavy (non-hydrogen) atoms. The molecule has 1 saturated carbocycles. The molecular weight excluding hydrogens is 336 g/mol. The Morgan fingerprint density at radius 1 is 1.45 bits per heavy atom. The van der Waals surface area contributed by atoms with E-state index in [4.69, 9.17) is 4.74 Å². The van der Waals surface area contributed by atoms with Crippen molar-refractivity contribution in [1.82, 2.24) is 0 Å². The average molecular weight is 359 g/mol. The lowest BCUT2D eigenvalue weighted by atomic mass is 9.75. The van der Waals surface area contributed by atoms with Gasteiger partial charge in [0, 0.05) is 0 Å². The number of carbonyl (C=O) groups excluding carboxylic acids is 1. The fourth-order valence-electron chi connectivity index (χ4n) is 3.02. The Kier molecular flexibility index (Phi) is 5.82. The molecule has 0 aliphatic heterocycles. The monoisotopic (exact) mass is 358 g/mol. The molecule has 4 heteroatoms. The number of rotatable bonds is 5. The third-order valence-corrected chi connectivity index (χ3v) is 5.90. The van der Waals surface area contributed by atoms with Crippen molar-refractivity contribution >= 4 is 33.0 Å². The standard InChI is InChI=1S/C16H23BrO2S/c1-10(2)12-5-4-11(3)8-14(12)19-9-13(18)15-6-7-16(17)20-15/h6-7,10-12,14H,4-5,8-9H2,1-3H3. The summed E-state index contributed by atoms with van der Waals surface area (Å²) in [7, 11) is 0. The van der Waals surface area contributed by atoms with Crippen LogP contribution in [0.15, 0.2) is 15.9 Å². The van der Waals surface area contributed by atoms with Crippen LogP contribution in [0.3, 0.4) is 0 Å². The highest BCUT2D eigenvalue weighted by molar-refractivity contribution is 9.11. The van der Waals surface area contributed by atoms with Crippen molar-refractivity contribution in [2.24, 2.45) is 17.8 Å². The third kappa shape index (κ3) is 4.15. The molecule has 0 N–H and O–H groups in total. The van der Waals surface area contributed by atoms with Crippen molar-refractivity contribution in [3.63, 3.8) is 0 Å². The highest BCUT2D eigenvalue weighted by Crippen LogP contribution is 2.35. The summed E-state index contributed by atoms with van der Waals surface area (Å²) in [6, 6.07) is 3.78. The lowest BCUT2D eigenvalue weighted by Crippen LogP contribution is -2.35. The molecule has 3 atom stereocenters. The van der Waals surface area contributed by atoms with Crippen LogP contribution in [-0.2, 0) is 4.74 Å². The molecule has 0 radical (unpaired) electrons. The van der Waals surface area contributed by atoms with Crippen LogP contribution in [0.4, 0.5) is 0 Å². The largest absolute Gasteiger partial charge is 0.370 e. The fourth-order valence-corrected chi connectivity index (χ4v) is 4.33. The first-order chi connectivity index (χ1) is 9.47. The number of hydrogen-bond donors (Lipinski definition) is 0. The first-order valence-electron chi connectivity index (χ1n) is 7.37. The van der Waals surface area contributed by atoms with E-state index in [1.807, 2.05) is 12.1 Å². The highest BCUT2D eigenvalue weighted by Gasteiger charge is 2.31. The van der Waals surface area contributed by atoms with Crippen LogP contribution in [0, 0.1) is 17.8 Å². The molecule has 0 saturated heterocycles. The molecule has 1 aliphatic carbocycles. The molecule has 0 bridgehead atoms. The molecule has 1 heterocycles. The van der Waals surface area contributed by atoms with Gasteiger partial charge in [0.1, 0.15) is 6.61 Å². The first-order valence-corrected chi connectivity index (χ1v) is 8.98. The Balaban J connectivity index is 1.92. The van der Waals surface area contributed by atoms with E-state index < -0.39 is 0 Å². The Morgan fingerprint density at radius 2 is 2.20 bits per heavy atom. The van der Waals surface area contributed by atoms with E-state index in [9.17, 15) is 4.79 Å². The van der Waals surface area contributed by atoms with Gasteiger partial charge >= 0.3 is 0 Å². The average Bonchev–Trinajstić information content (AvgIpc) is 2.82. The van der Waals surface area contributed by atoms with Gasteiger partial charge in [-0.15, -0.1) is 11.3 Å². The number of ether oxygens (including phenoxy) is 1. The van der Waals surface area contributed by atoms with Crippen LogP contribution in [-0.4, -0.2) is 18.5 Å². The van der Waals surface area contributed by atoms with Gasteiger partial charge in [-0.05, 0) is 58.7 Å². The number of halogens is 1. The summed E-state index contributed by atoms with van der Waals surface area (Å²) < 4.78 is 6.99. The Morgan fingerprint density at radius 3 is 2.80 bits per heavy atom. The van der Waals surface area contributed by atoms with Gasteiger partial charge in [0.2, 0.25) is 0 Å². The molecule has 3 unspecified atom stereocenters. The van der Waals surface area contributed by atoms with Crippen LogP contribution in [0.1, 0.15) is 49.7 Å². The second-order valence-corrected chi connectivity index (χ2v) is 8.67. The maximum Gasteiger partial charge on any atom is 0.198 e. The molecule has 0 amide bonds. The normalized spacial score (nSPS) is 26.9. The highest BCUT2D eigenvalue weighted by atomic mass is 79.9. The first kappa shape index (κ1) is 16.2. The second-order valence-electron chi connectivity index (χ2n) is 6.20. The van der Waals surface area contributed by atoms with Crippen LogP contribution in [0.5, 0.6) is 0 Å². The minimum absolute atomic E-state index is 0.0985. The summed E-state index contributed by atoms with van der Waals surface area (Å²) in [5.74, 6) is 2.02. The molecule has 112 valence electrons. The predicted octanol–water partition coefficient (Wildman–Crippen LogP) is 5.17. The van der Waals surface area contributed by atoms with Crippen molar-refractivity contribution in [2.75, 3.05) is 6.61 Å². The molecule has 0 aromatic carbocycles. The minimum Gasteiger partial charge on any atom is -0.370 e. The Bertz CT molecular complexity index is 455. The zero-order chi connectivity index (χ0) is 14.7. The van der Waals surface area contributed by atoms with Crippen molar-refractivity contribution in [1.29, 1.82) is 0 Å². The topological polar surface area (TPSA) is 26.3 Å². The van der Waals surface area contributed by atoms with Crippen molar-refractivity contribution in [2.45, 2.75) is 46.1 Å². The van der Waals surface area contributed by atoms with Crippen LogP contribution >= 0.6 is 27.3 Å².